The lowest BCUT2D eigenvalue weighted by Gasteiger charge is -2.39. The van der Waals surface area contributed by atoms with Gasteiger partial charge in [-0.1, -0.05) is 53.3 Å². The first-order valence-electron chi connectivity index (χ1n) is 5.67. The molecule has 88 valence electrons. The second-order valence-electron chi connectivity index (χ2n) is 5.84. The number of likely N-dealkylation sites (N-methyl/N-ethyl adjacent to an activating group) is 1. The van der Waals surface area contributed by atoms with Crippen LogP contribution in [0.4, 0.5) is 0 Å². The van der Waals surface area contributed by atoms with E-state index in [0.29, 0.717) is 6.04 Å². The third-order valence-electron chi connectivity index (χ3n) is 3.72. The normalized spacial score (nSPS) is 15.7. The molecule has 0 aromatic heterocycles. The van der Waals surface area contributed by atoms with Crippen molar-refractivity contribution in [2.24, 2.45) is 10.8 Å². The molecule has 15 heavy (non-hydrogen) atoms. The Morgan fingerprint density at radius 2 is 1.67 bits per heavy atom. The molecule has 0 saturated carbocycles. The van der Waals surface area contributed by atoms with Gasteiger partial charge in [-0.3, -0.25) is 0 Å². The molecule has 0 rings (SSSR count). The van der Waals surface area contributed by atoms with Crippen molar-refractivity contribution in [1.82, 2.24) is 5.32 Å². The number of nitrogens with one attached hydrogen (secondary N) is 1. The van der Waals surface area contributed by atoms with Crippen molar-refractivity contribution < 1.29 is 0 Å². The van der Waals surface area contributed by atoms with Crippen molar-refractivity contribution in [3.8, 4) is 0 Å². The summed E-state index contributed by atoms with van der Waals surface area (Å²) in [4.78, 5) is 0. The van der Waals surface area contributed by atoms with Crippen LogP contribution in [-0.2, 0) is 0 Å². The van der Waals surface area contributed by atoms with Crippen LogP contribution in [0.2, 0.25) is 0 Å². The molecule has 0 aliphatic carbocycles. The van der Waals surface area contributed by atoms with Gasteiger partial charge in [0.25, 0.3) is 0 Å². The lowest BCUT2D eigenvalue weighted by molar-refractivity contribution is 0.182. The zero-order chi connectivity index (χ0) is 12.3. The van der Waals surface area contributed by atoms with Crippen LogP contribution < -0.4 is 5.32 Å². The minimum absolute atomic E-state index is 0.122. The van der Waals surface area contributed by atoms with Gasteiger partial charge in [-0.2, -0.15) is 0 Å². The van der Waals surface area contributed by atoms with Gasteiger partial charge in [0.05, 0.1) is 0 Å². The van der Waals surface area contributed by atoms with Crippen LogP contribution in [0.15, 0.2) is 24.3 Å². The minimum atomic E-state index is 0.122. The minimum Gasteiger partial charge on any atom is -0.314 e. The fourth-order valence-electron chi connectivity index (χ4n) is 1.05. The molecule has 0 aliphatic rings. The molecule has 0 radical (unpaired) electrons. The largest absolute Gasteiger partial charge is 0.314 e. The lowest BCUT2D eigenvalue weighted by Crippen LogP contribution is -2.30. The van der Waals surface area contributed by atoms with Crippen LogP contribution in [-0.4, -0.2) is 13.1 Å². The molecule has 0 aromatic carbocycles. The van der Waals surface area contributed by atoms with E-state index in [1.54, 1.807) is 0 Å². The molecule has 1 unspecified atom stereocenters. The summed E-state index contributed by atoms with van der Waals surface area (Å²) in [5, 5.41) is 3.18. The fraction of sp³-hybridized carbons (Fsp3) is 0.714. The van der Waals surface area contributed by atoms with Gasteiger partial charge in [-0.25, -0.2) is 0 Å². The molecule has 0 spiro atoms. The van der Waals surface area contributed by atoms with Gasteiger partial charge in [0.2, 0.25) is 0 Å². The third-order valence-corrected chi connectivity index (χ3v) is 3.72. The van der Waals surface area contributed by atoms with Gasteiger partial charge in [0.1, 0.15) is 0 Å². The van der Waals surface area contributed by atoms with Gasteiger partial charge < -0.3 is 5.32 Å². The summed E-state index contributed by atoms with van der Waals surface area (Å²) >= 11 is 0. The van der Waals surface area contributed by atoms with Crippen molar-refractivity contribution in [3.63, 3.8) is 0 Å². The molecule has 0 amide bonds. The van der Waals surface area contributed by atoms with Crippen LogP contribution in [0.1, 0.15) is 41.5 Å². The Morgan fingerprint density at radius 3 is 2.00 bits per heavy atom. The average molecular weight is 209 g/mol. The van der Waals surface area contributed by atoms with E-state index in [9.17, 15) is 0 Å². The molecule has 1 nitrogen and oxygen atoms in total. The molecule has 0 saturated heterocycles. The maximum atomic E-state index is 4.18. The molecule has 0 fully saturated rings. The summed E-state index contributed by atoms with van der Waals surface area (Å²) in [7, 11) is 1.96. The molecule has 0 aromatic rings. The van der Waals surface area contributed by atoms with Gasteiger partial charge >= 0.3 is 0 Å². The smallest absolute Gasteiger partial charge is 0.0221 e. The van der Waals surface area contributed by atoms with E-state index in [1.807, 2.05) is 7.05 Å². The van der Waals surface area contributed by atoms with E-state index in [2.05, 4.69) is 65.6 Å². The van der Waals surface area contributed by atoms with E-state index in [-0.39, 0.29) is 10.8 Å². The summed E-state index contributed by atoms with van der Waals surface area (Å²) in [5.41, 5.74) is 1.55. The number of rotatable bonds is 4. The van der Waals surface area contributed by atoms with Crippen molar-refractivity contribution in [1.29, 1.82) is 0 Å². The molecular formula is C14H27N. The summed E-state index contributed by atoms with van der Waals surface area (Å²) in [6.07, 6.45) is 4.31. The Balaban J connectivity index is 4.66. The topological polar surface area (TPSA) is 12.0 Å². The van der Waals surface area contributed by atoms with Gasteiger partial charge in [0.15, 0.2) is 0 Å². The first kappa shape index (κ1) is 14.4. The zero-order valence-corrected chi connectivity index (χ0v) is 11.4. The Kier molecular flexibility index (Phi) is 4.79. The van der Waals surface area contributed by atoms with Crippen LogP contribution in [0.25, 0.3) is 0 Å². The Hall–Kier alpha value is -0.560. The molecule has 0 bridgehead atoms. The van der Waals surface area contributed by atoms with E-state index >= 15 is 0 Å². The quantitative estimate of drug-likeness (QED) is 0.695. The maximum Gasteiger partial charge on any atom is 0.0221 e. The highest BCUT2D eigenvalue weighted by Crippen LogP contribution is 2.43. The van der Waals surface area contributed by atoms with Gasteiger partial charge in [-0.15, -0.1) is 0 Å². The van der Waals surface area contributed by atoms with Crippen molar-refractivity contribution in [2.75, 3.05) is 7.05 Å². The number of allylic oxidation sites excluding steroid dienone is 2. The van der Waals surface area contributed by atoms with Crippen LogP contribution in [0.3, 0.4) is 0 Å². The van der Waals surface area contributed by atoms with E-state index in [0.717, 1.165) is 0 Å². The van der Waals surface area contributed by atoms with Gasteiger partial charge in [-0.05, 0) is 30.4 Å². The average Bonchev–Trinajstić information content (AvgIpc) is 2.11. The Bertz CT molecular complexity index is 241. The molecule has 0 heterocycles. The van der Waals surface area contributed by atoms with E-state index in [4.69, 9.17) is 0 Å². The van der Waals surface area contributed by atoms with Crippen molar-refractivity contribution >= 4 is 0 Å². The van der Waals surface area contributed by atoms with Gasteiger partial charge in [0, 0.05) is 6.04 Å². The summed E-state index contributed by atoms with van der Waals surface area (Å²) in [5.74, 6) is 0. The first-order valence-corrected chi connectivity index (χ1v) is 5.67. The lowest BCUT2D eigenvalue weighted by atomic mass is 9.65. The Labute approximate surface area is 95.7 Å². The first-order chi connectivity index (χ1) is 6.63. The summed E-state index contributed by atoms with van der Waals surface area (Å²) in [6, 6.07) is 0.400. The van der Waals surface area contributed by atoms with Crippen molar-refractivity contribution in [2.45, 2.75) is 47.6 Å². The van der Waals surface area contributed by atoms with Crippen LogP contribution in [0, 0.1) is 10.8 Å². The predicted octanol–water partition coefficient (Wildman–Crippen LogP) is 3.78. The maximum absolute atomic E-state index is 4.18. The highest BCUT2D eigenvalue weighted by atomic mass is 14.8. The second kappa shape index (κ2) is 4.98. The Morgan fingerprint density at radius 1 is 1.20 bits per heavy atom. The standard InChI is InChI=1S/C14H27N/c1-11(9-10-12(2)15-8)14(6,7)13(3,4)5/h9-10,12,15H,1H2,2-8H3/b10-9-. The van der Waals surface area contributed by atoms with E-state index in [1.165, 1.54) is 5.57 Å². The second-order valence-corrected chi connectivity index (χ2v) is 5.84. The fourth-order valence-corrected chi connectivity index (χ4v) is 1.05. The SMILES string of the molecule is C=C(/C=C\C(C)NC)C(C)(C)C(C)(C)C. The molecule has 1 N–H and O–H groups in total. The molecule has 1 atom stereocenters. The third kappa shape index (κ3) is 3.83. The monoisotopic (exact) mass is 209 g/mol. The predicted molar refractivity (Wildman–Crippen MR) is 70.0 cm³/mol. The summed E-state index contributed by atoms with van der Waals surface area (Å²) in [6.45, 7) is 17.6. The number of hydrogen-bond donors (Lipinski definition) is 1. The number of hydrogen-bond acceptors (Lipinski definition) is 1. The zero-order valence-electron chi connectivity index (χ0n) is 11.4. The van der Waals surface area contributed by atoms with Crippen LogP contribution >= 0.6 is 0 Å². The van der Waals surface area contributed by atoms with Crippen LogP contribution in [0.5, 0.6) is 0 Å². The molecule has 1 heteroatoms. The molecule has 0 aliphatic heterocycles. The van der Waals surface area contributed by atoms with Crippen molar-refractivity contribution in [3.05, 3.63) is 24.3 Å². The highest BCUT2D eigenvalue weighted by Gasteiger charge is 2.33. The van der Waals surface area contributed by atoms with E-state index < -0.39 is 0 Å². The summed E-state index contributed by atoms with van der Waals surface area (Å²) < 4.78 is 0. The highest BCUT2D eigenvalue weighted by molar-refractivity contribution is 5.25. The molecular weight excluding hydrogens is 182 g/mol.